The van der Waals surface area contributed by atoms with E-state index in [0.717, 1.165) is 3.57 Å². The molecule has 0 spiro atoms. The van der Waals surface area contributed by atoms with Crippen LogP contribution in [0.25, 0.3) is 0 Å². The summed E-state index contributed by atoms with van der Waals surface area (Å²) in [6, 6.07) is 14.6. The second-order valence-corrected chi connectivity index (χ2v) is 4.67. The lowest BCUT2D eigenvalue weighted by Gasteiger charge is -2.08. The Bertz CT molecular complexity index is 590. The van der Waals surface area contributed by atoms with Gasteiger partial charge in [0.05, 0.1) is 17.3 Å². The van der Waals surface area contributed by atoms with E-state index in [4.69, 9.17) is 15.7 Å². The highest BCUT2D eigenvalue weighted by atomic mass is 127. The van der Waals surface area contributed by atoms with Gasteiger partial charge in [-0.25, -0.2) is 0 Å². The van der Waals surface area contributed by atoms with Crippen LogP contribution in [0.1, 0.15) is 5.56 Å². The van der Waals surface area contributed by atoms with Crippen LogP contribution in [-0.4, -0.2) is 0 Å². The molecule has 0 amide bonds. The van der Waals surface area contributed by atoms with Crippen LogP contribution in [0.15, 0.2) is 42.5 Å². The van der Waals surface area contributed by atoms with Crippen molar-refractivity contribution in [1.29, 1.82) is 5.26 Å². The Balaban J connectivity index is 2.33. The molecule has 0 aliphatic carbocycles. The molecular formula is C13H9IN2O. The van der Waals surface area contributed by atoms with Crippen molar-refractivity contribution in [2.24, 2.45) is 0 Å². The molecule has 0 heterocycles. The molecule has 0 bridgehead atoms. The van der Waals surface area contributed by atoms with Gasteiger partial charge >= 0.3 is 0 Å². The van der Waals surface area contributed by atoms with Crippen LogP contribution in [0.4, 0.5) is 5.69 Å². The van der Waals surface area contributed by atoms with Crippen LogP contribution in [0, 0.1) is 14.9 Å². The summed E-state index contributed by atoms with van der Waals surface area (Å²) in [5.41, 5.74) is 6.84. The molecule has 0 atom stereocenters. The Morgan fingerprint density at radius 3 is 2.71 bits per heavy atom. The van der Waals surface area contributed by atoms with E-state index in [1.807, 2.05) is 24.3 Å². The highest BCUT2D eigenvalue weighted by molar-refractivity contribution is 14.1. The van der Waals surface area contributed by atoms with Crippen LogP contribution in [0.3, 0.4) is 0 Å². The summed E-state index contributed by atoms with van der Waals surface area (Å²) >= 11 is 2.21. The van der Waals surface area contributed by atoms with Gasteiger partial charge in [0, 0.05) is 9.64 Å². The van der Waals surface area contributed by atoms with Gasteiger partial charge in [-0.3, -0.25) is 0 Å². The number of halogens is 1. The molecule has 2 N–H and O–H groups in total. The fourth-order valence-electron chi connectivity index (χ4n) is 1.35. The largest absolute Gasteiger partial charge is 0.455 e. The van der Waals surface area contributed by atoms with E-state index in [1.54, 1.807) is 18.2 Å². The normalized spacial score (nSPS) is 9.65. The van der Waals surface area contributed by atoms with Crippen LogP contribution in [-0.2, 0) is 0 Å². The first-order valence-corrected chi connectivity index (χ1v) is 6.00. The van der Waals surface area contributed by atoms with Crippen molar-refractivity contribution in [3.63, 3.8) is 0 Å². The van der Waals surface area contributed by atoms with Gasteiger partial charge in [-0.15, -0.1) is 0 Å². The van der Waals surface area contributed by atoms with Crippen LogP contribution < -0.4 is 10.5 Å². The Labute approximate surface area is 113 Å². The summed E-state index contributed by atoms with van der Waals surface area (Å²) in [5.74, 6) is 1.21. The molecule has 0 aliphatic rings. The summed E-state index contributed by atoms with van der Waals surface area (Å²) in [6.07, 6.45) is 0. The van der Waals surface area contributed by atoms with Crippen LogP contribution in [0.5, 0.6) is 11.5 Å². The van der Waals surface area contributed by atoms with Gasteiger partial charge in [0.25, 0.3) is 0 Å². The minimum Gasteiger partial charge on any atom is -0.455 e. The average molecular weight is 336 g/mol. The molecule has 0 unspecified atom stereocenters. The minimum absolute atomic E-state index is 0.506. The van der Waals surface area contributed by atoms with E-state index in [1.165, 1.54) is 0 Å². The highest BCUT2D eigenvalue weighted by Gasteiger charge is 2.04. The highest BCUT2D eigenvalue weighted by Crippen LogP contribution is 2.28. The third-order valence-electron chi connectivity index (χ3n) is 2.17. The van der Waals surface area contributed by atoms with Gasteiger partial charge in [-0.1, -0.05) is 6.07 Å². The summed E-state index contributed by atoms with van der Waals surface area (Å²) < 4.78 is 6.73. The molecule has 84 valence electrons. The van der Waals surface area contributed by atoms with Crippen molar-refractivity contribution in [2.75, 3.05) is 5.73 Å². The van der Waals surface area contributed by atoms with Gasteiger partial charge in [-0.05, 0) is 52.9 Å². The number of nitrogen functional groups attached to an aromatic ring is 1. The van der Waals surface area contributed by atoms with E-state index in [-0.39, 0.29) is 0 Å². The molecule has 17 heavy (non-hydrogen) atoms. The molecule has 0 radical (unpaired) electrons. The predicted octanol–water partition coefficient (Wildman–Crippen LogP) is 3.54. The third-order valence-corrected chi connectivity index (χ3v) is 2.84. The van der Waals surface area contributed by atoms with Gasteiger partial charge in [0.15, 0.2) is 5.75 Å². The summed E-state index contributed by atoms with van der Waals surface area (Å²) in [5, 5.41) is 8.82. The predicted molar refractivity (Wildman–Crippen MR) is 74.8 cm³/mol. The first-order valence-electron chi connectivity index (χ1n) is 4.92. The summed E-state index contributed by atoms with van der Waals surface area (Å²) in [4.78, 5) is 0. The molecule has 0 saturated heterocycles. The molecule has 3 nitrogen and oxygen atoms in total. The topological polar surface area (TPSA) is 59.0 Å². The lowest BCUT2D eigenvalue weighted by atomic mass is 10.2. The monoisotopic (exact) mass is 336 g/mol. The summed E-state index contributed by atoms with van der Waals surface area (Å²) in [6.45, 7) is 0. The zero-order chi connectivity index (χ0) is 12.3. The fraction of sp³-hybridized carbons (Fsp3) is 0. The lowest BCUT2D eigenvalue weighted by molar-refractivity contribution is 0.484. The third kappa shape index (κ3) is 2.88. The average Bonchev–Trinajstić information content (AvgIpc) is 2.32. The molecule has 2 aromatic rings. The molecule has 2 rings (SSSR count). The first kappa shape index (κ1) is 11.7. The van der Waals surface area contributed by atoms with Crippen molar-refractivity contribution in [3.8, 4) is 17.6 Å². The smallest absolute Gasteiger partial charge is 0.151 e. The van der Waals surface area contributed by atoms with E-state index >= 15 is 0 Å². The lowest BCUT2D eigenvalue weighted by Crippen LogP contribution is -1.93. The zero-order valence-electron chi connectivity index (χ0n) is 8.85. The quantitative estimate of drug-likeness (QED) is 0.674. The Morgan fingerprint density at radius 1 is 1.18 bits per heavy atom. The number of ether oxygens (including phenoxy) is 1. The van der Waals surface area contributed by atoms with Gasteiger partial charge in [0.2, 0.25) is 0 Å². The SMILES string of the molecule is N#Cc1ccc(N)c(Oc2cccc(I)c2)c1. The van der Waals surface area contributed by atoms with Gasteiger partial charge in [-0.2, -0.15) is 5.26 Å². The number of nitrogens with two attached hydrogens (primary N) is 1. The first-order chi connectivity index (χ1) is 8.19. The maximum atomic E-state index is 8.82. The second kappa shape index (κ2) is 5.06. The number of nitrogens with zero attached hydrogens (tertiary/aromatic N) is 1. The van der Waals surface area contributed by atoms with Crippen molar-refractivity contribution in [3.05, 3.63) is 51.6 Å². The Kier molecular flexibility index (Phi) is 3.49. The fourth-order valence-corrected chi connectivity index (χ4v) is 1.86. The van der Waals surface area contributed by atoms with Crippen molar-refractivity contribution < 1.29 is 4.74 Å². The Hall–Kier alpha value is -1.74. The zero-order valence-corrected chi connectivity index (χ0v) is 11.0. The van der Waals surface area contributed by atoms with Gasteiger partial charge in [0.1, 0.15) is 5.75 Å². The van der Waals surface area contributed by atoms with Crippen molar-refractivity contribution >= 4 is 28.3 Å². The molecule has 0 fully saturated rings. The van der Waals surface area contributed by atoms with Crippen LogP contribution in [0.2, 0.25) is 0 Å². The number of rotatable bonds is 2. The van der Waals surface area contributed by atoms with Crippen LogP contribution >= 0.6 is 22.6 Å². The number of hydrogen-bond donors (Lipinski definition) is 1. The maximum Gasteiger partial charge on any atom is 0.151 e. The molecule has 0 saturated carbocycles. The minimum atomic E-state index is 0.506. The van der Waals surface area contributed by atoms with E-state index in [0.29, 0.717) is 22.7 Å². The molecule has 2 aromatic carbocycles. The number of anilines is 1. The second-order valence-electron chi connectivity index (χ2n) is 3.42. The van der Waals surface area contributed by atoms with Crippen molar-refractivity contribution in [2.45, 2.75) is 0 Å². The van der Waals surface area contributed by atoms with E-state index < -0.39 is 0 Å². The molecule has 0 aromatic heterocycles. The van der Waals surface area contributed by atoms with E-state index in [2.05, 4.69) is 28.7 Å². The van der Waals surface area contributed by atoms with Crippen molar-refractivity contribution in [1.82, 2.24) is 0 Å². The molecular weight excluding hydrogens is 327 g/mol. The number of hydrogen-bond acceptors (Lipinski definition) is 3. The Morgan fingerprint density at radius 2 is 2.00 bits per heavy atom. The van der Waals surface area contributed by atoms with Gasteiger partial charge < -0.3 is 10.5 Å². The molecule has 4 heteroatoms. The maximum absolute atomic E-state index is 8.82. The molecule has 0 aliphatic heterocycles. The number of benzene rings is 2. The standard InChI is InChI=1S/C13H9IN2O/c14-10-2-1-3-11(7-10)17-13-6-9(8-15)4-5-12(13)16/h1-7H,16H2. The van der Waals surface area contributed by atoms with E-state index in [9.17, 15) is 0 Å². The summed E-state index contributed by atoms with van der Waals surface area (Å²) in [7, 11) is 0. The number of nitriles is 1.